The lowest BCUT2D eigenvalue weighted by molar-refractivity contribution is 0.313. The van der Waals surface area contributed by atoms with Crippen molar-refractivity contribution >= 4 is 11.3 Å². The molecule has 1 atom stereocenters. The first-order valence-electron chi connectivity index (χ1n) is 8.18. The number of rotatable bonds is 5. The Morgan fingerprint density at radius 1 is 1.25 bits per heavy atom. The van der Waals surface area contributed by atoms with Gasteiger partial charge < -0.3 is 4.98 Å². The highest BCUT2D eigenvalue weighted by molar-refractivity contribution is 7.07. The van der Waals surface area contributed by atoms with Crippen LogP contribution < -0.4 is 0 Å². The third-order valence-corrected chi connectivity index (χ3v) is 5.04. The second-order valence-corrected chi connectivity index (χ2v) is 7.10. The van der Waals surface area contributed by atoms with Gasteiger partial charge in [-0.3, -0.25) is 4.90 Å². The molecule has 0 saturated carbocycles. The van der Waals surface area contributed by atoms with Crippen LogP contribution in [0.3, 0.4) is 0 Å². The van der Waals surface area contributed by atoms with Gasteiger partial charge in [0.1, 0.15) is 12.0 Å². The maximum atomic E-state index is 4.45. The number of nitrogens with one attached hydrogen (secondary N) is 1. The van der Waals surface area contributed by atoms with Crippen LogP contribution in [0.25, 0.3) is 11.5 Å². The molecule has 0 bridgehead atoms. The van der Waals surface area contributed by atoms with Gasteiger partial charge in [-0.2, -0.15) is 0 Å². The molecule has 1 fully saturated rings. The molecular weight excluding hydrogens is 320 g/mol. The van der Waals surface area contributed by atoms with Crippen LogP contribution in [0, 0.1) is 12.8 Å². The van der Waals surface area contributed by atoms with Crippen molar-refractivity contribution < 1.29 is 0 Å². The van der Waals surface area contributed by atoms with Gasteiger partial charge in [-0.05, 0) is 38.3 Å². The summed E-state index contributed by atoms with van der Waals surface area (Å²) in [5.74, 6) is 1.46. The van der Waals surface area contributed by atoms with Crippen molar-refractivity contribution in [2.24, 2.45) is 5.92 Å². The molecule has 24 heavy (non-hydrogen) atoms. The minimum Gasteiger partial charge on any atom is -0.341 e. The molecule has 4 rings (SSSR count). The normalized spacial score (nSPS) is 18.3. The molecule has 0 radical (unpaired) electrons. The molecule has 0 amide bonds. The highest BCUT2D eigenvalue weighted by atomic mass is 32.1. The highest BCUT2D eigenvalue weighted by Crippen LogP contribution is 2.23. The number of thiazole rings is 1. The lowest BCUT2D eigenvalue weighted by Gasteiger charge is -2.14. The maximum absolute atomic E-state index is 4.45. The molecular formula is C17H20N6S. The average molecular weight is 340 g/mol. The number of aryl methyl sites for hydroxylation is 1. The molecule has 0 spiro atoms. The molecule has 3 aromatic rings. The minimum absolute atomic E-state index is 0.643. The molecule has 0 aromatic carbocycles. The molecule has 124 valence electrons. The Morgan fingerprint density at radius 2 is 2.21 bits per heavy atom. The van der Waals surface area contributed by atoms with Crippen LogP contribution in [-0.2, 0) is 13.0 Å². The quantitative estimate of drug-likeness (QED) is 0.773. The Kier molecular flexibility index (Phi) is 4.36. The molecule has 6 nitrogen and oxygen atoms in total. The molecule has 4 heterocycles. The minimum atomic E-state index is 0.643. The molecule has 1 saturated heterocycles. The van der Waals surface area contributed by atoms with E-state index in [4.69, 9.17) is 0 Å². The Hall–Kier alpha value is -2.12. The van der Waals surface area contributed by atoms with Gasteiger partial charge >= 0.3 is 0 Å². The predicted molar refractivity (Wildman–Crippen MR) is 93.6 cm³/mol. The van der Waals surface area contributed by atoms with Gasteiger partial charge in [0, 0.05) is 36.1 Å². The number of H-pyrrole nitrogens is 1. The van der Waals surface area contributed by atoms with Crippen molar-refractivity contribution in [3.05, 3.63) is 46.6 Å². The summed E-state index contributed by atoms with van der Waals surface area (Å²) >= 11 is 1.66. The highest BCUT2D eigenvalue weighted by Gasteiger charge is 2.23. The SMILES string of the molecule is Cc1cnc(-c2cc(C[C@H]3CCN(Cc4cscn4)C3)ncn2)[nH]1. The van der Waals surface area contributed by atoms with Crippen molar-refractivity contribution in [2.75, 3.05) is 13.1 Å². The van der Waals surface area contributed by atoms with Crippen molar-refractivity contribution in [3.63, 3.8) is 0 Å². The van der Waals surface area contributed by atoms with Crippen LogP contribution in [0.4, 0.5) is 0 Å². The van der Waals surface area contributed by atoms with Crippen molar-refractivity contribution in [2.45, 2.75) is 26.3 Å². The zero-order chi connectivity index (χ0) is 16.4. The van der Waals surface area contributed by atoms with E-state index in [-0.39, 0.29) is 0 Å². The second kappa shape index (κ2) is 6.78. The summed E-state index contributed by atoms with van der Waals surface area (Å²) < 4.78 is 0. The monoisotopic (exact) mass is 340 g/mol. The summed E-state index contributed by atoms with van der Waals surface area (Å²) in [7, 11) is 0. The summed E-state index contributed by atoms with van der Waals surface area (Å²) in [5, 5.41) is 2.13. The van der Waals surface area contributed by atoms with E-state index >= 15 is 0 Å². The fourth-order valence-corrected chi connectivity index (χ4v) is 3.79. The van der Waals surface area contributed by atoms with E-state index in [1.54, 1.807) is 17.7 Å². The van der Waals surface area contributed by atoms with Gasteiger partial charge in [0.2, 0.25) is 0 Å². The molecule has 3 aromatic heterocycles. The van der Waals surface area contributed by atoms with Gasteiger partial charge in [-0.1, -0.05) is 0 Å². The van der Waals surface area contributed by atoms with Crippen molar-refractivity contribution in [3.8, 4) is 11.5 Å². The van der Waals surface area contributed by atoms with Crippen LogP contribution in [0.15, 0.2) is 29.5 Å². The van der Waals surface area contributed by atoms with Crippen LogP contribution in [-0.4, -0.2) is 42.9 Å². The van der Waals surface area contributed by atoms with E-state index in [1.165, 1.54) is 12.1 Å². The molecule has 7 heteroatoms. The number of aromatic amines is 1. The van der Waals surface area contributed by atoms with E-state index in [1.807, 2.05) is 18.6 Å². The van der Waals surface area contributed by atoms with E-state index < -0.39 is 0 Å². The summed E-state index contributed by atoms with van der Waals surface area (Å²) in [5.41, 5.74) is 6.08. The van der Waals surface area contributed by atoms with Gasteiger partial charge in [0.15, 0.2) is 5.82 Å². The molecule has 0 aliphatic carbocycles. The fourth-order valence-electron chi connectivity index (χ4n) is 3.25. The topological polar surface area (TPSA) is 70.6 Å². The zero-order valence-corrected chi connectivity index (χ0v) is 14.5. The summed E-state index contributed by atoms with van der Waals surface area (Å²) in [6.07, 6.45) is 5.67. The second-order valence-electron chi connectivity index (χ2n) is 6.38. The van der Waals surface area contributed by atoms with Gasteiger partial charge in [0.25, 0.3) is 0 Å². The average Bonchev–Trinajstić information content (AvgIpc) is 3.31. The Labute approximate surface area is 145 Å². The van der Waals surface area contributed by atoms with Gasteiger partial charge in [-0.15, -0.1) is 11.3 Å². The number of aromatic nitrogens is 5. The van der Waals surface area contributed by atoms with Crippen molar-refractivity contribution in [1.82, 2.24) is 29.8 Å². The van der Waals surface area contributed by atoms with E-state index in [2.05, 4.69) is 41.3 Å². The summed E-state index contributed by atoms with van der Waals surface area (Å²) in [4.78, 5) is 23.2. The van der Waals surface area contributed by atoms with E-state index in [9.17, 15) is 0 Å². The zero-order valence-electron chi connectivity index (χ0n) is 13.6. The van der Waals surface area contributed by atoms with Gasteiger partial charge in [-0.25, -0.2) is 19.9 Å². The van der Waals surface area contributed by atoms with Crippen LogP contribution >= 0.6 is 11.3 Å². The third kappa shape index (κ3) is 3.52. The molecule has 0 unspecified atom stereocenters. The van der Waals surface area contributed by atoms with Gasteiger partial charge in [0.05, 0.1) is 11.2 Å². The van der Waals surface area contributed by atoms with E-state index in [0.29, 0.717) is 5.92 Å². The lowest BCUT2D eigenvalue weighted by atomic mass is 10.0. The first-order valence-corrected chi connectivity index (χ1v) is 9.13. The standard InChI is InChI=1S/C17H20N6S/c1-12-6-18-17(22-12)16-5-14(19-10-20-16)4-13-2-3-23(7-13)8-15-9-24-11-21-15/h5-6,9-11,13H,2-4,7-8H2,1H3,(H,18,22)/t13-/m1/s1. The lowest BCUT2D eigenvalue weighted by Crippen LogP contribution is -2.20. The number of hydrogen-bond donors (Lipinski definition) is 1. The fraction of sp³-hybridized carbons (Fsp3) is 0.412. The molecule has 1 aliphatic rings. The smallest absolute Gasteiger partial charge is 0.156 e. The van der Waals surface area contributed by atoms with Crippen LogP contribution in [0.2, 0.25) is 0 Å². The Balaban J connectivity index is 1.39. The number of hydrogen-bond acceptors (Lipinski definition) is 6. The largest absolute Gasteiger partial charge is 0.341 e. The summed E-state index contributed by atoms with van der Waals surface area (Å²) in [6, 6.07) is 2.06. The Morgan fingerprint density at radius 3 is 3.00 bits per heavy atom. The molecule has 1 N–H and O–H groups in total. The summed E-state index contributed by atoms with van der Waals surface area (Å²) in [6.45, 7) is 5.20. The van der Waals surface area contributed by atoms with E-state index in [0.717, 1.165) is 49.0 Å². The third-order valence-electron chi connectivity index (χ3n) is 4.41. The first kappa shape index (κ1) is 15.4. The van der Waals surface area contributed by atoms with Crippen molar-refractivity contribution in [1.29, 1.82) is 0 Å². The number of nitrogens with zero attached hydrogens (tertiary/aromatic N) is 5. The molecule has 1 aliphatic heterocycles. The Bertz CT molecular complexity index is 797. The predicted octanol–water partition coefficient (Wildman–Crippen LogP) is 2.70. The number of imidazole rings is 1. The number of likely N-dealkylation sites (tertiary alicyclic amines) is 1. The van der Waals surface area contributed by atoms with Crippen LogP contribution in [0.5, 0.6) is 0 Å². The maximum Gasteiger partial charge on any atom is 0.156 e. The first-order chi connectivity index (χ1) is 11.8. The van der Waals surface area contributed by atoms with Crippen LogP contribution in [0.1, 0.15) is 23.5 Å².